The Morgan fingerprint density at radius 3 is 1.70 bits per heavy atom. The molecule has 8 nitrogen and oxygen atoms in total. The van der Waals surface area contributed by atoms with E-state index in [-0.39, 0.29) is 25.9 Å². The third-order valence-electron chi connectivity index (χ3n) is 4.52. The molecule has 0 amide bonds. The van der Waals surface area contributed by atoms with Crippen molar-refractivity contribution in [2.75, 3.05) is 19.8 Å². The van der Waals surface area contributed by atoms with Gasteiger partial charge in [-0.05, 0) is 42.8 Å². The standard InChI is InChI=1S/C21H26O8Si/c1-5-18(23-9-1)15-27-30(28-16-19-6-2-10-24-19,29-17-20-7-3-11-25-20)12-4-8-22-13-21-14-26-21/h1-3,5-7,9-11,21H,4,8,12-17H2. The molecule has 162 valence electrons. The summed E-state index contributed by atoms with van der Waals surface area (Å²) in [7, 11) is -3.12. The first-order valence-corrected chi connectivity index (χ1v) is 11.9. The van der Waals surface area contributed by atoms with Crippen LogP contribution in [0.5, 0.6) is 0 Å². The average molecular weight is 435 g/mol. The fourth-order valence-corrected chi connectivity index (χ4v) is 5.19. The summed E-state index contributed by atoms with van der Waals surface area (Å²) >= 11 is 0. The summed E-state index contributed by atoms with van der Waals surface area (Å²) in [5.41, 5.74) is 0. The molecule has 9 heteroatoms. The van der Waals surface area contributed by atoms with Gasteiger partial charge in [0.15, 0.2) is 0 Å². The first-order chi connectivity index (χ1) is 14.8. The van der Waals surface area contributed by atoms with Gasteiger partial charge in [-0.15, -0.1) is 0 Å². The SMILES string of the molecule is c1coc(CO[Si](CCCOCC2CO2)(OCc2ccco2)OCc2ccco2)c1. The quantitative estimate of drug-likeness (QED) is 0.200. The second-order valence-electron chi connectivity index (χ2n) is 6.92. The maximum absolute atomic E-state index is 6.25. The second-order valence-corrected chi connectivity index (χ2v) is 9.65. The van der Waals surface area contributed by atoms with Gasteiger partial charge in [-0.1, -0.05) is 0 Å². The van der Waals surface area contributed by atoms with Crippen LogP contribution >= 0.6 is 0 Å². The van der Waals surface area contributed by atoms with Crippen LogP contribution in [0.1, 0.15) is 23.7 Å². The van der Waals surface area contributed by atoms with Gasteiger partial charge >= 0.3 is 8.80 Å². The summed E-state index contributed by atoms with van der Waals surface area (Å²) in [6, 6.07) is 11.6. The molecule has 0 spiro atoms. The van der Waals surface area contributed by atoms with Crippen molar-refractivity contribution in [3.05, 3.63) is 72.5 Å². The fraction of sp³-hybridized carbons (Fsp3) is 0.429. The number of furan rings is 3. The van der Waals surface area contributed by atoms with Crippen molar-refractivity contribution in [3.8, 4) is 0 Å². The normalized spacial score (nSPS) is 16.2. The number of hydrogen-bond donors (Lipinski definition) is 0. The second kappa shape index (κ2) is 10.8. The topological polar surface area (TPSA) is 88.9 Å². The summed E-state index contributed by atoms with van der Waals surface area (Å²) in [6.45, 7) is 2.74. The molecule has 30 heavy (non-hydrogen) atoms. The molecule has 1 aliphatic heterocycles. The van der Waals surface area contributed by atoms with Crippen LogP contribution in [0, 0.1) is 0 Å². The van der Waals surface area contributed by atoms with E-state index < -0.39 is 8.80 Å². The van der Waals surface area contributed by atoms with E-state index in [2.05, 4.69) is 0 Å². The molecular formula is C21H26O8Si. The van der Waals surface area contributed by atoms with Crippen molar-refractivity contribution >= 4 is 8.80 Å². The summed E-state index contributed by atoms with van der Waals surface area (Å²) in [5, 5.41) is 0. The highest BCUT2D eigenvalue weighted by molar-refractivity contribution is 6.60. The van der Waals surface area contributed by atoms with Crippen LogP contribution in [-0.4, -0.2) is 34.7 Å². The van der Waals surface area contributed by atoms with Crippen molar-refractivity contribution in [1.82, 2.24) is 0 Å². The number of ether oxygens (including phenoxy) is 2. The number of epoxide rings is 1. The monoisotopic (exact) mass is 434 g/mol. The molecule has 4 rings (SSSR count). The summed E-state index contributed by atoms with van der Waals surface area (Å²) < 4.78 is 45.8. The Morgan fingerprint density at radius 2 is 1.30 bits per heavy atom. The van der Waals surface area contributed by atoms with Crippen LogP contribution in [0.3, 0.4) is 0 Å². The number of rotatable bonds is 15. The van der Waals surface area contributed by atoms with Crippen LogP contribution in [-0.2, 0) is 42.6 Å². The van der Waals surface area contributed by atoms with Crippen molar-refractivity contribution in [1.29, 1.82) is 0 Å². The fourth-order valence-electron chi connectivity index (χ4n) is 2.84. The molecule has 0 radical (unpaired) electrons. The first-order valence-electron chi connectivity index (χ1n) is 10.00. The Labute approximate surface area is 176 Å². The van der Waals surface area contributed by atoms with Gasteiger partial charge in [0.1, 0.15) is 23.4 Å². The van der Waals surface area contributed by atoms with Crippen LogP contribution in [0.25, 0.3) is 0 Å². The van der Waals surface area contributed by atoms with E-state index in [1.165, 1.54) is 0 Å². The van der Waals surface area contributed by atoms with Gasteiger partial charge in [-0.2, -0.15) is 0 Å². The Hall–Kier alpha value is -2.14. The minimum Gasteiger partial charge on any atom is -0.467 e. The van der Waals surface area contributed by atoms with E-state index >= 15 is 0 Å². The van der Waals surface area contributed by atoms with Gasteiger partial charge in [0.25, 0.3) is 0 Å². The summed E-state index contributed by atoms with van der Waals surface area (Å²) in [6.07, 6.45) is 5.82. The zero-order valence-electron chi connectivity index (χ0n) is 16.7. The maximum Gasteiger partial charge on any atom is 0.502 e. The van der Waals surface area contributed by atoms with Gasteiger partial charge in [0.2, 0.25) is 0 Å². The van der Waals surface area contributed by atoms with Crippen LogP contribution in [0.2, 0.25) is 6.04 Å². The van der Waals surface area contributed by atoms with Crippen molar-refractivity contribution < 1.29 is 36.0 Å². The van der Waals surface area contributed by atoms with Gasteiger partial charge in [0, 0.05) is 12.7 Å². The van der Waals surface area contributed by atoms with Crippen LogP contribution < -0.4 is 0 Å². The van der Waals surface area contributed by atoms with Crippen molar-refractivity contribution in [2.45, 2.75) is 38.4 Å². The zero-order valence-corrected chi connectivity index (χ0v) is 17.7. The minimum atomic E-state index is -3.12. The maximum atomic E-state index is 6.25. The Bertz CT molecular complexity index is 718. The van der Waals surface area contributed by atoms with E-state index in [0.717, 1.165) is 13.0 Å². The van der Waals surface area contributed by atoms with E-state index in [9.17, 15) is 0 Å². The van der Waals surface area contributed by atoms with E-state index in [1.807, 2.05) is 36.4 Å². The number of hydrogen-bond acceptors (Lipinski definition) is 8. The zero-order chi connectivity index (χ0) is 20.5. The van der Waals surface area contributed by atoms with Gasteiger partial charge in [0.05, 0.1) is 51.8 Å². The lowest BCUT2D eigenvalue weighted by Gasteiger charge is -2.29. The highest BCUT2D eigenvalue weighted by Crippen LogP contribution is 2.24. The van der Waals surface area contributed by atoms with Crippen molar-refractivity contribution in [3.63, 3.8) is 0 Å². The Morgan fingerprint density at radius 1 is 0.800 bits per heavy atom. The Kier molecular flexibility index (Phi) is 7.57. The third-order valence-corrected chi connectivity index (χ3v) is 7.24. The predicted octanol–water partition coefficient (Wildman–Crippen LogP) is 4.16. The molecule has 0 N–H and O–H groups in total. The molecule has 3 aromatic rings. The molecule has 1 unspecified atom stereocenters. The predicted molar refractivity (Wildman–Crippen MR) is 106 cm³/mol. The molecule has 0 aliphatic carbocycles. The minimum absolute atomic E-state index is 0.243. The largest absolute Gasteiger partial charge is 0.502 e. The lowest BCUT2D eigenvalue weighted by molar-refractivity contribution is 0.0274. The molecular weight excluding hydrogens is 408 g/mol. The van der Waals surface area contributed by atoms with E-state index in [0.29, 0.717) is 36.5 Å². The van der Waals surface area contributed by atoms with Gasteiger partial charge in [-0.3, -0.25) is 0 Å². The van der Waals surface area contributed by atoms with Crippen LogP contribution in [0.4, 0.5) is 0 Å². The molecule has 0 aromatic carbocycles. The molecule has 0 saturated carbocycles. The molecule has 3 aromatic heterocycles. The highest BCUT2D eigenvalue weighted by atomic mass is 28.4. The smallest absolute Gasteiger partial charge is 0.467 e. The third kappa shape index (κ3) is 6.69. The molecule has 1 aliphatic rings. The molecule has 1 saturated heterocycles. The molecule has 1 atom stereocenters. The lowest BCUT2D eigenvalue weighted by Crippen LogP contribution is -2.45. The van der Waals surface area contributed by atoms with Gasteiger partial charge < -0.3 is 36.0 Å². The first kappa shape index (κ1) is 21.1. The molecule has 4 heterocycles. The summed E-state index contributed by atoms with van der Waals surface area (Å²) in [4.78, 5) is 0. The summed E-state index contributed by atoms with van der Waals surface area (Å²) in [5.74, 6) is 2.12. The van der Waals surface area contributed by atoms with Gasteiger partial charge in [-0.25, -0.2) is 0 Å². The molecule has 1 fully saturated rings. The van der Waals surface area contributed by atoms with Crippen molar-refractivity contribution in [2.24, 2.45) is 0 Å². The highest BCUT2D eigenvalue weighted by Gasteiger charge is 2.42. The Balaban J connectivity index is 1.40. The van der Waals surface area contributed by atoms with E-state index in [1.54, 1.807) is 18.8 Å². The average Bonchev–Trinajstić information content (AvgIpc) is 3.23. The molecule has 0 bridgehead atoms. The van der Waals surface area contributed by atoms with E-state index in [4.69, 9.17) is 36.0 Å². The van der Waals surface area contributed by atoms with Crippen LogP contribution in [0.15, 0.2) is 68.4 Å². The lowest BCUT2D eigenvalue weighted by atomic mass is 10.5.